The van der Waals surface area contributed by atoms with E-state index in [1.807, 2.05) is 7.05 Å². The van der Waals surface area contributed by atoms with Crippen molar-refractivity contribution in [3.8, 4) is 11.4 Å². The summed E-state index contributed by atoms with van der Waals surface area (Å²) in [5, 5.41) is 10.8. The number of hydrogen-bond donors (Lipinski definition) is 1. The Bertz CT molecular complexity index is 524. The largest absolute Gasteiger partial charge is 0.357 e. The average Bonchev–Trinajstić information content (AvgIpc) is 2.64. The number of aromatic nitrogens is 3. The molecule has 0 aliphatic carbocycles. The summed E-state index contributed by atoms with van der Waals surface area (Å²) in [7, 11) is 3.58. The number of anilines is 1. The highest BCUT2D eigenvalue weighted by molar-refractivity contribution is 9.10. The molecule has 0 bridgehead atoms. The average molecular weight is 285 g/mol. The van der Waals surface area contributed by atoms with Gasteiger partial charge in [-0.05, 0) is 34.1 Å². The van der Waals surface area contributed by atoms with Crippen LogP contribution in [0.2, 0.25) is 0 Å². The van der Waals surface area contributed by atoms with Gasteiger partial charge in [-0.15, -0.1) is 10.2 Å². The molecule has 84 valence electrons. The first kappa shape index (κ1) is 11.1. The zero-order valence-corrected chi connectivity index (χ0v) is 10.4. The topological polar surface area (TPSA) is 42.7 Å². The maximum absolute atomic E-state index is 13.4. The van der Waals surface area contributed by atoms with Crippen molar-refractivity contribution in [2.24, 2.45) is 7.05 Å². The number of halogens is 2. The molecule has 1 aromatic carbocycles. The molecule has 6 heteroatoms. The van der Waals surface area contributed by atoms with Gasteiger partial charge in [0.2, 0.25) is 5.95 Å². The fourth-order valence-electron chi connectivity index (χ4n) is 1.43. The number of rotatable bonds is 2. The number of hydrogen-bond acceptors (Lipinski definition) is 3. The van der Waals surface area contributed by atoms with Crippen LogP contribution in [0.4, 0.5) is 10.3 Å². The Labute approximate surface area is 101 Å². The number of nitrogens with one attached hydrogen (secondary N) is 1. The third kappa shape index (κ3) is 1.80. The van der Waals surface area contributed by atoms with Gasteiger partial charge in [0.05, 0.1) is 4.47 Å². The van der Waals surface area contributed by atoms with Crippen LogP contribution in [-0.4, -0.2) is 21.8 Å². The van der Waals surface area contributed by atoms with E-state index < -0.39 is 0 Å². The van der Waals surface area contributed by atoms with Crippen molar-refractivity contribution in [3.63, 3.8) is 0 Å². The maximum atomic E-state index is 13.4. The molecule has 0 unspecified atom stereocenters. The molecule has 0 fully saturated rings. The fraction of sp³-hybridized carbons (Fsp3) is 0.200. The van der Waals surface area contributed by atoms with E-state index in [2.05, 4.69) is 31.4 Å². The minimum Gasteiger partial charge on any atom is -0.357 e. The molecule has 0 amide bonds. The van der Waals surface area contributed by atoms with E-state index in [1.165, 1.54) is 6.07 Å². The number of nitrogens with zero attached hydrogens (tertiary/aromatic N) is 3. The van der Waals surface area contributed by atoms with Crippen molar-refractivity contribution < 1.29 is 4.39 Å². The van der Waals surface area contributed by atoms with Crippen LogP contribution in [0.25, 0.3) is 11.4 Å². The van der Waals surface area contributed by atoms with Crippen LogP contribution < -0.4 is 5.32 Å². The van der Waals surface area contributed by atoms with Crippen molar-refractivity contribution in [3.05, 3.63) is 28.5 Å². The summed E-state index contributed by atoms with van der Waals surface area (Å²) in [5.74, 6) is 0.945. The molecular formula is C10H10BrFN4. The van der Waals surface area contributed by atoms with Gasteiger partial charge >= 0.3 is 0 Å². The first-order valence-electron chi connectivity index (χ1n) is 4.66. The molecule has 16 heavy (non-hydrogen) atoms. The molecular weight excluding hydrogens is 275 g/mol. The summed E-state index contributed by atoms with van der Waals surface area (Å²) < 4.78 is 15.6. The standard InChI is InChI=1S/C10H10BrFN4/c1-13-10-15-14-9(16(10)2)6-3-4-7(11)8(12)5-6/h3-5H,1-2H3,(H,13,15). The molecule has 0 aliphatic rings. The quantitative estimate of drug-likeness (QED) is 0.921. The van der Waals surface area contributed by atoms with E-state index in [4.69, 9.17) is 0 Å². The van der Waals surface area contributed by atoms with Crippen LogP contribution in [0.3, 0.4) is 0 Å². The molecule has 1 aromatic heterocycles. The van der Waals surface area contributed by atoms with Crippen LogP contribution in [0.1, 0.15) is 0 Å². The molecule has 0 radical (unpaired) electrons. The van der Waals surface area contributed by atoms with Gasteiger partial charge in [-0.2, -0.15) is 0 Å². The third-order valence-corrected chi connectivity index (χ3v) is 2.92. The van der Waals surface area contributed by atoms with Crippen LogP contribution in [0.15, 0.2) is 22.7 Å². The van der Waals surface area contributed by atoms with E-state index in [-0.39, 0.29) is 5.82 Å². The van der Waals surface area contributed by atoms with Crippen molar-refractivity contribution in [1.82, 2.24) is 14.8 Å². The summed E-state index contributed by atoms with van der Waals surface area (Å²) in [4.78, 5) is 0. The second-order valence-corrected chi connectivity index (χ2v) is 4.14. The Kier molecular flexibility index (Phi) is 2.91. The van der Waals surface area contributed by atoms with Crippen LogP contribution >= 0.6 is 15.9 Å². The smallest absolute Gasteiger partial charge is 0.224 e. The molecule has 0 aliphatic heterocycles. The second kappa shape index (κ2) is 4.21. The molecule has 1 heterocycles. The third-order valence-electron chi connectivity index (χ3n) is 2.28. The molecule has 0 saturated carbocycles. The van der Waals surface area contributed by atoms with Gasteiger partial charge in [0.15, 0.2) is 5.82 Å². The lowest BCUT2D eigenvalue weighted by Crippen LogP contribution is -1.99. The summed E-state index contributed by atoms with van der Waals surface area (Å²) >= 11 is 3.11. The van der Waals surface area contributed by atoms with Gasteiger partial charge < -0.3 is 5.32 Å². The second-order valence-electron chi connectivity index (χ2n) is 3.29. The van der Waals surface area contributed by atoms with E-state index in [1.54, 1.807) is 23.7 Å². The minimum atomic E-state index is -0.313. The molecule has 4 nitrogen and oxygen atoms in total. The summed E-state index contributed by atoms with van der Waals surface area (Å²) in [6.07, 6.45) is 0. The molecule has 2 aromatic rings. The molecule has 0 spiro atoms. The van der Waals surface area contributed by atoms with E-state index in [0.717, 1.165) is 0 Å². The molecule has 0 saturated heterocycles. The molecule has 2 rings (SSSR count). The normalized spacial score (nSPS) is 10.5. The van der Waals surface area contributed by atoms with Crippen LogP contribution in [0.5, 0.6) is 0 Å². The van der Waals surface area contributed by atoms with E-state index >= 15 is 0 Å². The van der Waals surface area contributed by atoms with E-state index in [9.17, 15) is 4.39 Å². The highest BCUT2D eigenvalue weighted by atomic mass is 79.9. The van der Waals surface area contributed by atoms with Gasteiger partial charge in [-0.25, -0.2) is 4.39 Å². The lowest BCUT2D eigenvalue weighted by molar-refractivity contribution is 0.621. The van der Waals surface area contributed by atoms with E-state index in [0.29, 0.717) is 21.8 Å². The zero-order chi connectivity index (χ0) is 11.7. The highest BCUT2D eigenvalue weighted by Crippen LogP contribution is 2.24. The Balaban J connectivity index is 2.50. The van der Waals surface area contributed by atoms with Crippen LogP contribution in [0, 0.1) is 5.82 Å². The Morgan fingerprint density at radius 3 is 2.69 bits per heavy atom. The lowest BCUT2D eigenvalue weighted by atomic mass is 10.2. The first-order chi connectivity index (χ1) is 7.63. The Morgan fingerprint density at radius 2 is 2.12 bits per heavy atom. The van der Waals surface area contributed by atoms with Crippen LogP contribution in [-0.2, 0) is 7.05 Å². The monoisotopic (exact) mass is 284 g/mol. The Morgan fingerprint density at radius 1 is 1.38 bits per heavy atom. The summed E-state index contributed by atoms with van der Waals surface area (Å²) in [6.45, 7) is 0. The fourth-order valence-corrected chi connectivity index (χ4v) is 1.68. The van der Waals surface area contributed by atoms with Gasteiger partial charge in [-0.3, -0.25) is 4.57 Å². The predicted octanol–water partition coefficient (Wildman–Crippen LogP) is 2.43. The molecule has 1 N–H and O–H groups in total. The highest BCUT2D eigenvalue weighted by Gasteiger charge is 2.10. The van der Waals surface area contributed by atoms with Crippen molar-refractivity contribution in [2.75, 3.05) is 12.4 Å². The summed E-state index contributed by atoms with van der Waals surface area (Å²) in [6, 6.07) is 4.86. The predicted molar refractivity (Wildman–Crippen MR) is 63.6 cm³/mol. The minimum absolute atomic E-state index is 0.313. The summed E-state index contributed by atoms with van der Waals surface area (Å²) in [5.41, 5.74) is 0.692. The van der Waals surface area contributed by atoms with Gasteiger partial charge in [0.1, 0.15) is 5.82 Å². The van der Waals surface area contributed by atoms with Crippen molar-refractivity contribution in [2.45, 2.75) is 0 Å². The van der Waals surface area contributed by atoms with Gasteiger partial charge in [-0.1, -0.05) is 0 Å². The lowest BCUT2D eigenvalue weighted by Gasteiger charge is -2.03. The maximum Gasteiger partial charge on any atom is 0.224 e. The van der Waals surface area contributed by atoms with Crippen molar-refractivity contribution in [1.29, 1.82) is 0 Å². The first-order valence-corrected chi connectivity index (χ1v) is 5.45. The zero-order valence-electron chi connectivity index (χ0n) is 8.83. The van der Waals surface area contributed by atoms with Crippen molar-refractivity contribution >= 4 is 21.9 Å². The number of benzene rings is 1. The van der Waals surface area contributed by atoms with Gasteiger partial charge in [0, 0.05) is 19.7 Å². The SMILES string of the molecule is CNc1nnc(-c2ccc(Br)c(F)c2)n1C. The Hall–Kier alpha value is -1.43. The molecule has 0 atom stereocenters. The van der Waals surface area contributed by atoms with Gasteiger partial charge in [0.25, 0.3) is 0 Å².